The van der Waals surface area contributed by atoms with E-state index in [2.05, 4.69) is 14.7 Å². The number of benzene rings is 1. The van der Waals surface area contributed by atoms with E-state index >= 15 is 0 Å². The molecule has 2 aromatic rings. The molecule has 11 heteroatoms. The highest BCUT2D eigenvalue weighted by atomic mass is 32.2. The number of halogens is 3. The third-order valence-corrected chi connectivity index (χ3v) is 4.26. The minimum atomic E-state index is -4.48. The van der Waals surface area contributed by atoms with Crippen molar-refractivity contribution in [2.45, 2.75) is 11.9 Å². The third kappa shape index (κ3) is 4.95. The molecule has 25 heavy (non-hydrogen) atoms. The van der Waals surface area contributed by atoms with Gasteiger partial charge in [-0.15, -0.1) is 0 Å². The first-order valence-electron chi connectivity index (χ1n) is 6.76. The van der Waals surface area contributed by atoms with Crippen molar-refractivity contribution in [3.05, 3.63) is 41.6 Å². The van der Waals surface area contributed by atoms with E-state index < -0.39 is 27.5 Å². The van der Waals surface area contributed by atoms with Gasteiger partial charge in [-0.2, -0.15) is 18.2 Å². The zero-order valence-electron chi connectivity index (χ0n) is 13.2. The first-order valence-corrected chi connectivity index (χ1v) is 8.41. The van der Waals surface area contributed by atoms with Gasteiger partial charge in [-0.05, 0) is 17.7 Å². The van der Waals surface area contributed by atoms with Crippen molar-refractivity contribution in [3.63, 3.8) is 0 Å². The quantitative estimate of drug-likeness (QED) is 0.832. The molecule has 2 rings (SSSR count). The van der Waals surface area contributed by atoms with Crippen LogP contribution < -0.4 is 14.2 Å². The molecule has 0 saturated carbocycles. The zero-order chi connectivity index (χ0) is 18.7. The lowest BCUT2D eigenvalue weighted by Gasteiger charge is -2.12. The largest absolute Gasteiger partial charge is 0.479 e. The van der Waals surface area contributed by atoms with Crippen molar-refractivity contribution in [3.8, 4) is 11.9 Å². The Morgan fingerprint density at radius 1 is 1.12 bits per heavy atom. The summed E-state index contributed by atoms with van der Waals surface area (Å²) in [7, 11) is -1.30. The normalized spacial score (nSPS) is 11.9. The summed E-state index contributed by atoms with van der Waals surface area (Å²) in [5, 5.41) is 0. The van der Waals surface area contributed by atoms with E-state index in [4.69, 9.17) is 9.47 Å². The number of ether oxygens (including phenoxy) is 2. The Morgan fingerprint density at radius 3 is 2.28 bits per heavy atom. The smallest absolute Gasteiger partial charge is 0.416 e. The molecule has 0 spiro atoms. The highest BCUT2D eigenvalue weighted by Gasteiger charge is 2.30. The molecule has 1 N–H and O–H groups in total. The van der Waals surface area contributed by atoms with Gasteiger partial charge >= 0.3 is 12.2 Å². The second-order valence-electron chi connectivity index (χ2n) is 4.84. The zero-order valence-corrected chi connectivity index (χ0v) is 14.0. The predicted molar refractivity (Wildman–Crippen MR) is 82.8 cm³/mol. The third-order valence-electron chi connectivity index (χ3n) is 3.01. The summed E-state index contributed by atoms with van der Waals surface area (Å²) in [6, 6.07) is 3.83. The Balaban J connectivity index is 2.17. The van der Waals surface area contributed by atoms with E-state index in [-0.39, 0.29) is 23.1 Å². The number of nitrogens with zero attached hydrogens (tertiary/aromatic N) is 2. The van der Waals surface area contributed by atoms with Gasteiger partial charge in [-0.25, -0.2) is 13.4 Å². The van der Waals surface area contributed by atoms with Gasteiger partial charge in [0.25, 0.3) is 0 Å². The summed E-state index contributed by atoms with van der Waals surface area (Å²) in [6.45, 7) is 0. The van der Waals surface area contributed by atoms with E-state index in [0.29, 0.717) is 0 Å². The maximum absolute atomic E-state index is 12.5. The Kier molecular flexibility index (Phi) is 5.36. The topological polar surface area (TPSA) is 90.4 Å². The molecule has 0 aliphatic heterocycles. The standard InChI is InChI=1S/C14H14F3N3O4S/c1-23-12-11(7-18-13(19-12)24-2)20-25(21,22)8-9-3-5-10(6-4-9)14(15,16)17/h3-7,20H,8H2,1-2H3. The molecule has 0 fully saturated rings. The van der Waals surface area contributed by atoms with Crippen LogP contribution in [-0.4, -0.2) is 32.6 Å². The van der Waals surface area contributed by atoms with Gasteiger partial charge in [-0.1, -0.05) is 12.1 Å². The molecular weight excluding hydrogens is 363 g/mol. The Morgan fingerprint density at radius 2 is 1.76 bits per heavy atom. The number of alkyl halides is 3. The fraction of sp³-hybridized carbons (Fsp3) is 0.286. The van der Waals surface area contributed by atoms with Crippen LogP contribution >= 0.6 is 0 Å². The molecule has 1 heterocycles. The second-order valence-corrected chi connectivity index (χ2v) is 6.56. The van der Waals surface area contributed by atoms with Crippen molar-refractivity contribution >= 4 is 15.7 Å². The van der Waals surface area contributed by atoms with Crippen LogP contribution in [0, 0.1) is 0 Å². The number of nitrogens with one attached hydrogen (secondary N) is 1. The van der Waals surface area contributed by atoms with Crippen LogP contribution in [0.5, 0.6) is 11.9 Å². The lowest BCUT2D eigenvalue weighted by Crippen LogP contribution is -2.16. The Bertz CT molecular complexity index is 839. The molecule has 1 aromatic heterocycles. The SMILES string of the molecule is COc1ncc(NS(=O)(=O)Cc2ccc(C(F)(F)F)cc2)c(OC)n1. The van der Waals surface area contributed by atoms with Crippen LogP contribution in [0.15, 0.2) is 30.5 Å². The lowest BCUT2D eigenvalue weighted by molar-refractivity contribution is -0.137. The second kappa shape index (κ2) is 7.13. The van der Waals surface area contributed by atoms with Gasteiger partial charge in [0.15, 0.2) is 0 Å². The monoisotopic (exact) mass is 377 g/mol. The molecular formula is C14H14F3N3O4S. The maximum Gasteiger partial charge on any atom is 0.416 e. The van der Waals surface area contributed by atoms with Gasteiger partial charge in [0.05, 0.1) is 31.7 Å². The fourth-order valence-electron chi connectivity index (χ4n) is 1.89. The molecule has 0 bridgehead atoms. The van der Waals surface area contributed by atoms with Gasteiger partial charge in [-0.3, -0.25) is 4.72 Å². The molecule has 0 unspecified atom stereocenters. The van der Waals surface area contributed by atoms with Crippen molar-refractivity contribution in [2.24, 2.45) is 0 Å². The summed E-state index contributed by atoms with van der Waals surface area (Å²) in [6.07, 6.45) is -3.32. The van der Waals surface area contributed by atoms with Crippen LogP contribution in [0.1, 0.15) is 11.1 Å². The summed E-state index contributed by atoms with van der Waals surface area (Å²) < 4.78 is 73.9. The Labute approximate surface area is 141 Å². The molecule has 0 aliphatic carbocycles. The number of sulfonamides is 1. The lowest BCUT2D eigenvalue weighted by atomic mass is 10.1. The Hall–Kier alpha value is -2.56. The molecule has 0 atom stereocenters. The molecule has 0 aliphatic rings. The summed E-state index contributed by atoms with van der Waals surface area (Å²) >= 11 is 0. The maximum atomic E-state index is 12.5. The van der Waals surface area contributed by atoms with Crippen LogP contribution in [-0.2, 0) is 22.0 Å². The highest BCUT2D eigenvalue weighted by Crippen LogP contribution is 2.29. The summed E-state index contributed by atoms with van der Waals surface area (Å²) in [5.41, 5.74) is -0.684. The van der Waals surface area contributed by atoms with Gasteiger partial charge < -0.3 is 9.47 Å². The molecule has 136 valence electrons. The van der Waals surface area contributed by atoms with Gasteiger partial charge in [0, 0.05) is 0 Å². The molecule has 0 radical (unpaired) electrons. The highest BCUT2D eigenvalue weighted by molar-refractivity contribution is 7.91. The number of hydrogen-bond acceptors (Lipinski definition) is 6. The van der Waals surface area contributed by atoms with E-state index in [1.54, 1.807) is 0 Å². The number of anilines is 1. The van der Waals surface area contributed by atoms with E-state index in [9.17, 15) is 21.6 Å². The number of aromatic nitrogens is 2. The van der Waals surface area contributed by atoms with Gasteiger partial charge in [0.2, 0.25) is 15.9 Å². The van der Waals surface area contributed by atoms with Crippen molar-refractivity contribution in [1.29, 1.82) is 0 Å². The number of hydrogen-bond donors (Lipinski definition) is 1. The van der Waals surface area contributed by atoms with Gasteiger partial charge in [0.1, 0.15) is 5.69 Å². The van der Waals surface area contributed by atoms with Crippen molar-refractivity contribution in [2.75, 3.05) is 18.9 Å². The van der Waals surface area contributed by atoms with Crippen LogP contribution in [0.25, 0.3) is 0 Å². The summed E-state index contributed by atoms with van der Waals surface area (Å²) in [5.74, 6) is -0.580. The van der Waals surface area contributed by atoms with Crippen LogP contribution in [0.2, 0.25) is 0 Å². The summed E-state index contributed by atoms with van der Waals surface area (Å²) in [4.78, 5) is 7.60. The number of rotatable bonds is 6. The average Bonchev–Trinajstić information content (AvgIpc) is 2.54. The first kappa shape index (κ1) is 18.8. The van der Waals surface area contributed by atoms with Crippen LogP contribution in [0.4, 0.5) is 18.9 Å². The number of methoxy groups -OCH3 is 2. The van der Waals surface area contributed by atoms with E-state index in [1.807, 2.05) is 0 Å². The average molecular weight is 377 g/mol. The fourth-order valence-corrected chi connectivity index (χ4v) is 3.07. The van der Waals surface area contributed by atoms with Crippen LogP contribution in [0.3, 0.4) is 0 Å². The molecule has 7 nitrogen and oxygen atoms in total. The first-order chi connectivity index (χ1) is 11.6. The minimum absolute atomic E-state index is 0.0115. The molecule has 0 amide bonds. The van der Waals surface area contributed by atoms with E-state index in [0.717, 1.165) is 30.5 Å². The van der Waals surface area contributed by atoms with Crippen molar-refractivity contribution in [1.82, 2.24) is 9.97 Å². The van der Waals surface area contributed by atoms with Crippen molar-refractivity contribution < 1.29 is 31.1 Å². The van der Waals surface area contributed by atoms with E-state index in [1.165, 1.54) is 14.2 Å². The predicted octanol–water partition coefficient (Wildman–Crippen LogP) is 2.45. The minimum Gasteiger partial charge on any atom is -0.479 e. The molecule has 1 aromatic carbocycles. The molecule has 0 saturated heterocycles.